The van der Waals surface area contributed by atoms with Crippen molar-refractivity contribution < 1.29 is 9.47 Å². The maximum atomic E-state index is 9.71. The number of rotatable bonds is 3. The third-order valence-corrected chi connectivity index (χ3v) is 4.73. The van der Waals surface area contributed by atoms with Gasteiger partial charge in [0.25, 0.3) is 0 Å². The highest BCUT2D eigenvalue weighted by molar-refractivity contribution is 6.30. The Bertz CT molecular complexity index is 1080. The van der Waals surface area contributed by atoms with Crippen LogP contribution < -0.4 is 15.2 Å². The summed E-state index contributed by atoms with van der Waals surface area (Å²) in [5, 5.41) is 17.5. The first-order chi connectivity index (χ1) is 13.1. The summed E-state index contributed by atoms with van der Waals surface area (Å²) in [6.45, 7) is 0. The topological polar surface area (TPSA) is 97.0 Å². The molecule has 4 rings (SSSR count). The minimum atomic E-state index is -0.437. The van der Waals surface area contributed by atoms with Crippen LogP contribution in [0.2, 0.25) is 5.02 Å². The lowest BCUT2D eigenvalue weighted by Gasteiger charge is -2.24. The van der Waals surface area contributed by atoms with Gasteiger partial charge in [-0.1, -0.05) is 23.7 Å². The molecule has 0 saturated heterocycles. The maximum Gasteiger partial charge on any atom is 0.244 e. The zero-order valence-corrected chi connectivity index (χ0v) is 15.1. The Balaban J connectivity index is 1.92. The molecule has 3 N–H and O–H groups in total. The van der Waals surface area contributed by atoms with Crippen LogP contribution in [0.1, 0.15) is 17.0 Å². The molecule has 1 atom stereocenters. The third kappa shape index (κ3) is 2.88. The van der Waals surface area contributed by atoms with E-state index in [1.165, 1.54) is 0 Å². The summed E-state index contributed by atoms with van der Waals surface area (Å²) < 4.78 is 10.8. The first kappa shape index (κ1) is 17.0. The molecule has 27 heavy (non-hydrogen) atoms. The minimum Gasteiger partial charge on any atom is -0.497 e. The second-order valence-electron chi connectivity index (χ2n) is 6.03. The van der Waals surface area contributed by atoms with Crippen LogP contribution in [0.15, 0.2) is 60.0 Å². The van der Waals surface area contributed by atoms with E-state index in [0.717, 1.165) is 28.1 Å². The van der Waals surface area contributed by atoms with Gasteiger partial charge >= 0.3 is 0 Å². The summed E-state index contributed by atoms with van der Waals surface area (Å²) >= 11 is 6.18. The Labute approximate surface area is 160 Å². The number of hydrogen-bond donors (Lipinski definition) is 2. The number of hydrogen-bond acceptors (Lipinski definition) is 5. The van der Waals surface area contributed by atoms with Gasteiger partial charge in [-0.15, -0.1) is 5.10 Å². The fourth-order valence-corrected chi connectivity index (χ4v) is 3.44. The van der Waals surface area contributed by atoms with Crippen molar-refractivity contribution in [2.75, 3.05) is 7.11 Å². The number of aromatic amines is 1. The molecule has 0 saturated carbocycles. The van der Waals surface area contributed by atoms with Crippen LogP contribution in [0.3, 0.4) is 0 Å². The monoisotopic (exact) mass is 378 g/mol. The standard InChI is InChI=1S/C20H15ClN4O2/c1-26-14-7-5-11(6-8-14)18-17-16(12-3-2-4-13(21)9-12)15(10-22)19(23)27-20(17)25-24-18/h2-9,16H,23H2,1H3,(H,24,25). The van der Waals surface area contributed by atoms with E-state index in [2.05, 4.69) is 16.3 Å². The molecule has 0 fully saturated rings. The summed E-state index contributed by atoms with van der Waals surface area (Å²) in [6.07, 6.45) is 0. The van der Waals surface area contributed by atoms with Gasteiger partial charge in [0.1, 0.15) is 17.4 Å². The maximum absolute atomic E-state index is 9.71. The molecule has 1 aromatic heterocycles. The SMILES string of the molecule is COc1ccc(-c2[nH]nc3c2C(c2cccc(Cl)c2)C(C#N)=C(N)O3)cc1. The van der Waals surface area contributed by atoms with E-state index in [4.69, 9.17) is 26.8 Å². The second-order valence-corrected chi connectivity index (χ2v) is 6.46. The van der Waals surface area contributed by atoms with E-state index in [1.54, 1.807) is 13.2 Å². The van der Waals surface area contributed by atoms with Crippen molar-refractivity contribution in [2.45, 2.75) is 5.92 Å². The Kier molecular flexibility index (Phi) is 4.22. The number of nitriles is 1. The molecule has 3 aromatic rings. The van der Waals surface area contributed by atoms with Crippen LogP contribution in [0, 0.1) is 11.3 Å². The van der Waals surface area contributed by atoms with Gasteiger partial charge in [-0.3, -0.25) is 5.10 Å². The van der Waals surface area contributed by atoms with Gasteiger partial charge in [-0.05, 0) is 42.0 Å². The van der Waals surface area contributed by atoms with Crippen LogP contribution in [0.25, 0.3) is 11.3 Å². The molecule has 0 amide bonds. The van der Waals surface area contributed by atoms with Crippen LogP contribution in [-0.2, 0) is 0 Å². The van der Waals surface area contributed by atoms with Crippen LogP contribution in [0.4, 0.5) is 0 Å². The van der Waals surface area contributed by atoms with Gasteiger partial charge in [0.05, 0.1) is 24.3 Å². The molecule has 1 unspecified atom stereocenters. The molecule has 2 heterocycles. The van der Waals surface area contributed by atoms with E-state index < -0.39 is 5.92 Å². The summed E-state index contributed by atoms with van der Waals surface area (Å²) in [7, 11) is 1.61. The Morgan fingerprint density at radius 2 is 2.04 bits per heavy atom. The number of nitrogens with two attached hydrogens (primary N) is 1. The van der Waals surface area contributed by atoms with E-state index >= 15 is 0 Å². The zero-order chi connectivity index (χ0) is 19.0. The van der Waals surface area contributed by atoms with Crippen molar-refractivity contribution in [2.24, 2.45) is 5.73 Å². The summed E-state index contributed by atoms with van der Waals surface area (Å²) in [6, 6.07) is 17.1. The molecule has 0 spiro atoms. The lowest BCUT2D eigenvalue weighted by Crippen LogP contribution is -2.21. The van der Waals surface area contributed by atoms with Gasteiger partial charge < -0.3 is 15.2 Å². The molecule has 2 aromatic carbocycles. The number of methoxy groups -OCH3 is 1. The highest BCUT2D eigenvalue weighted by atomic mass is 35.5. The van der Waals surface area contributed by atoms with Gasteiger partial charge in [0, 0.05) is 10.6 Å². The Morgan fingerprint density at radius 1 is 1.26 bits per heavy atom. The number of H-pyrrole nitrogens is 1. The number of nitrogens with one attached hydrogen (secondary N) is 1. The van der Waals surface area contributed by atoms with Crippen LogP contribution >= 0.6 is 11.6 Å². The fraction of sp³-hybridized carbons (Fsp3) is 0.100. The lowest BCUT2D eigenvalue weighted by molar-refractivity contribution is 0.379. The smallest absolute Gasteiger partial charge is 0.244 e. The lowest BCUT2D eigenvalue weighted by atomic mass is 9.83. The molecule has 134 valence electrons. The number of benzene rings is 2. The average molecular weight is 379 g/mol. The third-order valence-electron chi connectivity index (χ3n) is 4.50. The number of halogens is 1. The Hall–Kier alpha value is -3.43. The predicted molar refractivity (Wildman–Crippen MR) is 101 cm³/mol. The summed E-state index contributed by atoms with van der Waals surface area (Å²) in [5.41, 5.74) is 9.52. The highest BCUT2D eigenvalue weighted by Gasteiger charge is 2.35. The molecule has 1 aliphatic heterocycles. The zero-order valence-electron chi connectivity index (χ0n) is 14.4. The fourth-order valence-electron chi connectivity index (χ4n) is 3.24. The van der Waals surface area contributed by atoms with Gasteiger partial charge in [-0.2, -0.15) is 5.26 Å². The van der Waals surface area contributed by atoms with Crippen molar-refractivity contribution >= 4 is 11.6 Å². The summed E-state index contributed by atoms with van der Waals surface area (Å²) in [4.78, 5) is 0. The second kappa shape index (κ2) is 6.71. The van der Waals surface area contributed by atoms with E-state index in [9.17, 15) is 5.26 Å². The van der Waals surface area contributed by atoms with Crippen molar-refractivity contribution in [3.63, 3.8) is 0 Å². The van der Waals surface area contributed by atoms with Crippen molar-refractivity contribution in [1.29, 1.82) is 5.26 Å². The largest absolute Gasteiger partial charge is 0.497 e. The minimum absolute atomic E-state index is 0.0442. The molecule has 7 heteroatoms. The van der Waals surface area contributed by atoms with Gasteiger partial charge in [0.2, 0.25) is 11.8 Å². The number of nitrogens with zero attached hydrogens (tertiary/aromatic N) is 2. The van der Waals surface area contributed by atoms with Crippen LogP contribution in [-0.4, -0.2) is 17.3 Å². The predicted octanol–water partition coefficient (Wildman–Crippen LogP) is 3.96. The van der Waals surface area contributed by atoms with E-state index in [0.29, 0.717) is 16.5 Å². The molecule has 6 nitrogen and oxygen atoms in total. The molecule has 1 aliphatic rings. The number of fused-ring (bicyclic) bond motifs is 1. The molecule has 0 radical (unpaired) electrons. The quantitative estimate of drug-likeness (QED) is 0.719. The molecular formula is C20H15ClN4O2. The number of aromatic nitrogens is 2. The summed E-state index contributed by atoms with van der Waals surface area (Å²) in [5.74, 6) is 0.704. The van der Waals surface area contributed by atoms with Crippen LogP contribution in [0.5, 0.6) is 11.6 Å². The molecule has 0 bridgehead atoms. The highest BCUT2D eigenvalue weighted by Crippen LogP contribution is 2.46. The number of ether oxygens (including phenoxy) is 2. The average Bonchev–Trinajstić information content (AvgIpc) is 3.10. The van der Waals surface area contributed by atoms with E-state index in [1.807, 2.05) is 42.5 Å². The number of allylic oxidation sites excluding steroid dienone is 1. The first-order valence-electron chi connectivity index (χ1n) is 8.18. The van der Waals surface area contributed by atoms with Gasteiger partial charge in [0.15, 0.2) is 0 Å². The van der Waals surface area contributed by atoms with Crippen molar-refractivity contribution in [3.8, 4) is 29.0 Å². The van der Waals surface area contributed by atoms with Crippen molar-refractivity contribution in [1.82, 2.24) is 10.2 Å². The molecular weight excluding hydrogens is 364 g/mol. The Morgan fingerprint density at radius 3 is 2.70 bits per heavy atom. The van der Waals surface area contributed by atoms with Gasteiger partial charge in [-0.25, -0.2) is 0 Å². The first-order valence-corrected chi connectivity index (χ1v) is 8.56. The van der Waals surface area contributed by atoms with Crippen molar-refractivity contribution in [3.05, 3.63) is 76.1 Å². The molecule has 0 aliphatic carbocycles. The van der Waals surface area contributed by atoms with E-state index in [-0.39, 0.29) is 5.88 Å². The normalized spacial score (nSPS) is 15.7.